The number of rotatable bonds is 5. The Kier molecular flexibility index (Phi) is 4.56. The number of anilines is 1. The molecule has 1 aromatic carbocycles. The first-order valence-electron chi connectivity index (χ1n) is 11.1. The molecule has 32 heavy (non-hydrogen) atoms. The molecule has 0 radical (unpaired) electrons. The summed E-state index contributed by atoms with van der Waals surface area (Å²) in [5, 5.41) is 11.2. The van der Waals surface area contributed by atoms with Crippen LogP contribution in [0.5, 0.6) is 0 Å². The molecule has 0 bridgehead atoms. The zero-order valence-corrected chi connectivity index (χ0v) is 17.6. The molecule has 1 saturated carbocycles. The third kappa shape index (κ3) is 3.47. The van der Waals surface area contributed by atoms with Crippen LogP contribution >= 0.6 is 0 Å². The fourth-order valence-electron chi connectivity index (χ4n) is 4.35. The largest absolute Gasteiger partial charge is 0.309 e. The molecule has 1 amide bonds. The first kappa shape index (κ1) is 18.9. The Hall–Kier alpha value is -3.81. The topological polar surface area (TPSA) is 90.5 Å². The zero-order valence-electron chi connectivity index (χ0n) is 17.6. The molecule has 6 rings (SSSR count). The molecule has 160 valence electrons. The second-order valence-corrected chi connectivity index (χ2v) is 8.42. The molecular formula is C24H23N7O. The molecule has 2 aliphatic carbocycles. The van der Waals surface area contributed by atoms with E-state index in [9.17, 15) is 4.79 Å². The summed E-state index contributed by atoms with van der Waals surface area (Å²) in [5.74, 6) is 1.02. The number of carbonyl (C=O) groups is 1. The van der Waals surface area contributed by atoms with Crippen molar-refractivity contribution >= 4 is 11.7 Å². The molecule has 8 heteroatoms. The standard InChI is InChI=1S/C24H23N7O/c32-24(16-5-3-6-18(13-16)30-14-25-19-7-1-2-9-21(19)30)28-22-10-4-8-20(27-22)23-29-26-15-31(23)17-11-12-17/h3-6,8,10,13-15,17H,1-2,7,9,11-12H2,(H,27,28,32). The van der Waals surface area contributed by atoms with E-state index >= 15 is 0 Å². The Morgan fingerprint density at radius 3 is 2.81 bits per heavy atom. The number of carbonyl (C=O) groups excluding carboxylic acids is 1. The van der Waals surface area contributed by atoms with Crippen LogP contribution in [0, 0.1) is 0 Å². The second-order valence-electron chi connectivity index (χ2n) is 8.42. The van der Waals surface area contributed by atoms with Crippen molar-refractivity contribution < 1.29 is 4.79 Å². The lowest BCUT2D eigenvalue weighted by molar-refractivity contribution is 0.102. The van der Waals surface area contributed by atoms with Gasteiger partial charge in [0, 0.05) is 23.0 Å². The lowest BCUT2D eigenvalue weighted by atomic mass is 10.0. The maximum absolute atomic E-state index is 13.0. The lowest BCUT2D eigenvalue weighted by Crippen LogP contribution is -2.14. The number of amides is 1. The van der Waals surface area contributed by atoms with Crippen LogP contribution in [0.15, 0.2) is 55.1 Å². The van der Waals surface area contributed by atoms with Crippen LogP contribution in [-0.2, 0) is 12.8 Å². The van der Waals surface area contributed by atoms with Crippen LogP contribution in [0.3, 0.4) is 0 Å². The van der Waals surface area contributed by atoms with Crippen LogP contribution < -0.4 is 5.32 Å². The number of benzene rings is 1. The minimum Gasteiger partial charge on any atom is -0.309 e. The van der Waals surface area contributed by atoms with E-state index in [1.165, 1.54) is 24.2 Å². The number of imidazole rings is 1. The molecule has 0 atom stereocenters. The minimum atomic E-state index is -0.200. The third-order valence-corrected chi connectivity index (χ3v) is 6.15. The Bertz CT molecular complexity index is 1300. The molecule has 2 aliphatic rings. The lowest BCUT2D eigenvalue weighted by Gasteiger charge is -2.14. The monoisotopic (exact) mass is 425 g/mol. The van der Waals surface area contributed by atoms with Crippen molar-refractivity contribution in [2.45, 2.75) is 44.6 Å². The molecule has 0 saturated heterocycles. The quantitative estimate of drug-likeness (QED) is 0.522. The Morgan fingerprint density at radius 2 is 1.91 bits per heavy atom. The van der Waals surface area contributed by atoms with Gasteiger partial charge in [-0.25, -0.2) is 9.97 Å². The molecule has 8 nitrogen and oxygen atoms in total. The summed E-state index contributed by atoms with van der Waals surface area (Å²) in [6.07, 6.45) is 10.3. The number of aryl methyl sites for hydroxylation is 1. The highest BCUT2D eigenvalue weighted by Crippen LogP contribution is 2.37. The van der Waals surface area contributed by atoms with Gasteiger partial charge >= 0.3 is 0 Å². The van der Waals surface area contributed by atoms with Gasteiger partial charge in [0.2, 0.25) is 0 Å². The van der Waals surface area contributed by atoms with Gasteiger partial charge < -0.3 is 14.5 Å². The molecule has 4 aromatic rings. The molecule has 0 spiro atoms. The number of hydrogen-bond acceptors (Lipinski definition) is 5. The van der Waals surface area contributed by atoms with Crippen LogP contribution in [0.1, 0.15) is 53.5 Å². The predicted octanol–water partition coefficient (Wildman–Crippen LogP) is 3.99. The van der Waals surface area contributed by atoms with Crippen molar-refractivity contribution in [2.24, 2.45) is 0 Å². The van der Waals surface area contributed by atoms with Crippen molar-refractivity contribution in [3.63, 3.8) is 0 Å². The summed E-state index contributed by atoms with van der Waals surface area (Å²) in [4.78, 5) is 22.2. The predicted molar refractivity (Wildman–Crippen MR) is 120 cm³/mol. The van der Waals surface area contributed by atoms with Crippen LogP contribution in [0.25, 0.3) is 17.2 Å². The van der Waals surface area contributed by atoms with Crippen molar-refractivity contribution in [2.75, 3.05) is 5.32 Å². The first-order valence-corrected chi connectivity index (χ1v) is 11.1. The molecule has 1 N–H and O–H groups in total. The number of aromatic nitrogens is 6. The number of hydrogen-bond donors (Lipinski definition) is 1. The van der Waals surface area contributed by atoms with Gasteiger partial charge in [-0.05, 0) is 68.9 Å². The first-order chi connectivity index (χ1) is 15.8. The van der Waals surface area contributed by atoms with Crippen molar-refractivity contribution in [3.8, 4) is 17.2 Å². The van der Waals surface area contributed by atoms with E-state index in [0.717, 1.165) is 37.2 Å². The van der Waals surface area contributed by atoms with Crippen molar-refractivity contribution in [1.29, 1.82) is 0 Å². The summed E-state index contributed by atoms with van der Waals surface area (Å²) in [6, 6.07) is 13.6. The average Bonchev–Trinajstić information content (AvgIpc) is 3.39. The number of pyridine rings is 1. The van der Waals surface area contributed by atoms with E-state index in [2.05, 4.69) is 34.6 Å². The highest BCUT2D eigenvalue weighted by Gasteiger charge is 2.27. The maximum atomic E-state index is 13.0. The van der Waals surface area contributed by atoms with Crippen LogP contribution in [-0.4, -0.2) is 35.2 Å². The van der Waals surface area contributed by atoms with Gasteiger partial charge in [0.1, 0.15) is 17.8 Å². The second kappa shape index (κ2) is 7.71. The van der Waals surface area contributed by atoms with Crippen molar-refractivity contribution in [1.82, 2.24) is 29.3 Å². The normalized spacial score (nSPS) is 15.4. The molecule has 0 aliphatic heterocycles. The fourth-order valence-corrected chi connectivity index (χ4v) is 4.35. The number of fused-ring (bicyclic) bond motifs is 1. The number of nitrogens with one attached hydrogen (secondary N) is 1. The molecular weight excluding hydrogens is 402 g/mol. The van der Waals surface area contributed by atoms with Crippen LogP contribution in [0.4, 0.5) is 5.82 Å². The zero-order chi connectivity index (χ0) is 21.5. The average molecular weight is 425 g/mol. The Labute approximate surface area is 185 Å². The van der Waals surface area contributed by atoms with Gasteiger partial charge in [-0.1, -0.05) is 12.1 Å². The summed E-state index contributed by atoms with van der Waals surface area (Å²) < 4.78 is 4.16. The molecule has 0 unspecified atom stereocenters. The van der Waals surface area contributed by atoms with Crippen molar-refractivity contribution in [3.05, 3.63) is 72.1 Å². The third-order valence-electron chi connectivity index (χ3n) is 6.15. The van der Waals surface area contributed by atoms with Gasteiger partial charge in [0.15, 0.2) is 5.82 Å². The van der Waals surface area contributed by atoms with Gasteiger partial charge in [0.05, 0.1) is 12.0 Å². The minimum absolute atomic E-state index is 0.200. The highest BCUT2D eigenvalue weighted by molar-refractivity contribution is 6.04. The highest BCUT2D eigenvalue weighted by atomic mass is 16.1. The molecule has 3 heterocycles. The van der Waals surface area contributed by atoms with E-state index in [-0.39, 0.29) is 5.91 Å². The van der Waals surface area contributed by atoms with E-state index in [4.69, 9.17) is 0 Å². The van der Waals surface area contributed by atoms with E-state index in [1.54, 1.807) is 12.4 Å². The molecule has 3 aromatic heterocycles. The Morgan fingerprint density at radius 1 is 1.03 bits per heavy atom. The van der Waals surface area contributed by atoms with Gasteiger partial charge in [-0.15, -0.1) is 10.2 Å². The SMILES string of the molecule is O=C(Nc1cccc(-c2nncn2C2CC2)n1)c1cccc(-n2cnc3c2CCCC3)c1. The smallest absolute Gasteiger partial charge is 0.256 e. The summed E-state index contributed by atoms with van der Waals surface area (Å²) in [7, 11) is 0. The fraction of sp³-hybridized carbons (Fsp3) is 0.292. The summed E-state index contributed by atoms with van der Waals surface area (Å²) in [5.41, 5.74) is 4.65. The van der Waals surface area contributed by atoms with E-state index in [0.29, 0.717) is 23.1 Å². The summed E-state index contributed by atoms with van der Waals surface area (Å²) in [6.45, 7) is 0. The Balaban J connectivity index is 1.25. The maximum Gasteiger partial charge on any atom is 0.256 e. The molecule has 1 fully saturated rings. The van der Waals surface area contributed by atoms with E-state index in [1.807, 2.05) is 42.7 Å². The van der Waals surface area contributed by atoms with Gasteiger partial charge in [0.25, 0.3) is 5.91 Å². The van der Waals surface area contributed by atoms with Crippen LogP contribution in [0.2, 0.25) is 0 Å². The summed E-state index contributed by atoms with van der Waals surface area (Å²) >= 11 is 0. The van der Waals surface area contributed by atoms with Gasteiger partial charge in [-0.3, -0.25) is 4.79 Å². The van der Waals surface area contributed by atoms with Gasteiger partial charge in [-0.2, -0.15) is 0 Å². The number of nitrogens with zero attached hydrogens (tertiary/aromatic N) is 6. The van der Waals surface area contributed by atoms with E-state index < -0.39 is 0 Å².